The molecule has 0 fully saturated rings. The Morgan fingerprint density at radius 3 is 2.33 bits per heavy atom. The molecule has 0 saturated carbocycles. The number of urea groups is 1. The van der Waals surface area contributed by atoms with Crippen LogP contribution >= 0.6 is 0 Å². The number of ether oxygens (including phenoxy) is 1. The van der Waals surface area contributed by atoms with E-state index in [1.54, 1.807) is 24.3 Å². The second-order valence-corrected chi connectivity index (χ2v) is 3.72. The van der Waals surface area contributed by atoms with Gasteiger partial charge < -0.3 is 10.5 Å². The number of imide groups is 1. The summed E-state index contributed by atoms with van der Waals surface area (Å²) in [5.74, 6) is -0.0678. The van der Waals surface area contributed by atoms with Gasteiger partial charge in [-0.3, -0.25) is 14.9 Å². The van der Waals surface area contributed by atoms with Crippen LogP contribution in [0.15, 0.2) is 24.3 Å². The third-order valence-electron chi connectivity index (χ3n) is 2.01. The Morgan fingerprint density at radius 2 is 1.83 bits per heavy atom. The highest BCUT2D eigenvalue weighted by Gasteiger charge is 2.05. The van der Waals surface area contributed by atoms with Crippen molar-refractivity contribution >= 4 is 17.7 Å². The van der Waals surface area contributed by atoms with Gasteiger partial charge in [-0.1, -0.05) is 12.1 Å². The first-order valence-electron chi connectivity index (χ1n) is 5.28. The molecule has 0 radical (unpaired) electrons. The van der Waals surface area contributed by atoms with Crippen LogP contribution in [0.5, 0.6) is 5.75 Å². The second-order valence-electron chi connectivity index (χ2n) is 3.72. The molecule has 0 aliphatic carbocycles. The Morgan fingerprint density at radius 1 is 1.22 bits per heavy atom. The fraction of sp³-hybridized carbons (Fsp3) is 0.250. The molecule has 1 aromatic rings. The number of carbonyl (C=O) groups is 3. The molecule has 3 N–H and O–H groups in total. The summed E-state index contributed by atoms with van der Waals surface area (Å²) in [6.07, 6.45) is 0.364. The predicted molar refractivity (Wildman–Crippen MR) is 64.0 cm³/mol. The van der Waals surface area contributed by atoms with Gasteiger partial charge >= 0.3 is 6.03 Å². The van der Waals surface area contributed by atoms with Crippen LogP contribution < -0.4 is 15.8 Å². The van der Waals surface area contributed by atoms with Gasteiger partial charge in [-0.15, -0.1) is 0 Å². The van der Waals surface area contributed by atoms with E-state index in [1.165, 1.54) is 6.92 Å². The standard InChI is InChI=1S/C12H14N2O4/c1-8(15)6-9-2-4-10(5-3-9)18-7-11(16)14-12(13)17/h2-5H,6-7H2,1H3,(H3,13,14,16,17). The molecule has 0 heterocycles. The summed E-state index contributed by atoms with van der Waals surface area (Å²) in [7, 11) is 0. The average Bonchev–Trinajstić information content (AvgIpc) is 2.26. The molecule has 0 spiro atoms. The number of amides is 3. The lowest BCUT2D eigenvalue weighted by Gasteiger charge is -2.06. The zero-order valence-electron chi connectivity index (χ0n) is 9.93. The van der Waals surface area contributed by atoms with Crippen LogP contribution in [0.1, 0.15) is 12.5 Å². The van der Waals surface area contributed by atoms with Crippen molar-refractivity contribution in [3.8, 4) is 5.75 Å². The molecular formula is C12H14N2O4. The highest BCUT2D eigenvalue weighted by Crippen LogP contribution is 2.12. The molecule has 0 unspecified atom stereocenters. The first-order valence-corrected chi connectivity index (χ1v) is 5.28. The van der Waals surface area contributed by atoms with Gasteiger partial charge in [0.15, 0.2) is 6.61 Å². The second kappa shape index (κ2) is 6.39. The van der Waals surface area contributed by atoms with Crippen molar-refractivity contribution in [1.82, 2.24) is 5.32 Å². The molecule has 0 aliphatic rings. The lowest BCUT2D eigenvalue weighted by Crippen LogP contribution is -2.38. The predicted octanol–water partition coefficient (Wildman–Crippen LogP) is 0.392. The van der Waals surface area contributed by atoms with Crippen LogP contribution in [-0.2, 0) is 16.0 Å². The Kier molecular flexibility index (Phi) is 4.86. The van der Waals surface area contributed by atoms with Gasteiger partial charge in [-0.05, 0) is 24.6 Å². The lowest BCUT2D eigenvalue weighted by atomic mass is 10.1. The molecule has 1 rings (SSSR count). The van der Waals surface area contributed by atoms with Gasteiger partial charge in [-0.25, -0.2) is 4.79 Å². The molecule has 6 nitrogen and oxygen atoms in total. The molecule has 0 atom stereocenters. The molecule has 96 valence electrons. The van der Waals surface area contributed by atoms with E-state index in [0.29, 0.717) is 12.2 Å². The van der Waals surface area contributed by atoms with Gasteiger partial charge in [0, 0.05) is 6.42 Å². The molecule has 1 aromatic carbocycles. The zero-order valence-corrected chi connectivity index (χ0v) is 9.93. The maximum atomic E-state index is 11.1. The third-order valence-corrected chi connectivity index (χ3v) is 2.01. The summed E-state index contributed by atoms with van der Waals surface area (Å²) in [6.45, 7) is 1.22. The number of nitrogens with one attached hydrogen (secondary N) is 1. The molecule has 0 aliphatic heterocycles. The van der Waals surface area contributed by atoms with Crippen molar-refractivity contribution in [2.45, 2.75) is 13.3 Å². The Balaban J connectivity index is 2.46. The molecule has 6 heteroatoms. The highest BCUT2D eigenvalue weighted by molar-refractivity contribution is 5.94. The average molecular weight is 250 g/mol. The van der Waals surface area contributed by atoms with Gasteiger partial charge in [0.1, 0.15) is 11.5 Å². The quantitative estimate of drug-likeness (QED) is 0.789. The van der Waals surface area contributed by atoms with Crippen molar-refractivity contribution in [2.75, 3.05) is 6.61 Å². The summed E-state index contributed by atoms with van der Waals surface area (Å²) in [5.41, 5.74) is 5.64. The molecule has 0 saturated heterocycles. The van der Waals surface area contributed by atoms with Crippen molar-refractivity contribution < 1.29 is 19.1 Å². The Hall–Kier alpha value is -2.37. The van der Waals surface area contributed by atoms with E-state index in [9.17, 15) is 14.4 Å². The first-order chi connectivity index (χ1) is 8.47. The number of ketones is 1. The van der Waals surface area contributed by atoms with Crippen LogP contribution in [-0.4, -0.2) is 24.3 Å². The van der Waals surface area contributed by atoms with Gasteiger partial charge in [0.25, 0.3) is 5.91 Å². The summed E-state index contributed by atoms with van der Waals surface area (Å²) >= 11 is 0. The van der Waals surface area contributed by atoms with Gasteiger partial charge in [0.2, 0.25) is 0 Å². The Bertz CT molecular complexity index is 454. The van der Waals surface area contributed by atoms with E-state index in [2.05, 4.69) is 0 Å². The minimum Gasteiger partial charge on any atom is -0.484 e. The number of Topliss-reactive ketones (excluding diaryl/α,β-unsaturated/α-hetero) is 1. The molecular weight excluding hydrogens is 236 g/mol. The van der Waals surface area contributed by atoms with E-state index in [1.807, 2.05) is 5.32 Å². The SMILES string of the molecule is CC(=O)Cc1ccc(OCC(=O)NC(N)=O)cc1. The van der Waals surface area contributed by atoms with Crippen LogP contribution in [0.3, 0.4) is 0 Å². The number of benzene rings is 1. The number of carbonyl (C=O) groups excluding carboxylic acids is 3. The smallest absolute Gasteiger partial charge is 0.318 e. The topological polar surface area (TPSA) is 98.5 Å². The maximum Gasteiger partial charge on any atom is 0.318 e. The normalized spacial score (nSPS) is 9.61. The highest BCUT2D eigenvalue weighted by atomic mass is 16.5. The van der Waals surface area contributed by atoms with Crippen LogP contribution in [0.2, 0.25) is 0 Å². The fourth-order valence-electron chi connectivity index (χ4n) is 1.31. The van der Waals surface area contributed by atoms with E-state index in [0.717, 1.165) is 5.56 Å². The van der Waals surface area contributed by atoms with Crippen molar-refractivity contribution in [1.29, 1.82) is 0 Å². The minimum absolute atomic E-state index is 0.0736. The van der Waals surface area contributed by atoms with Crippen LogP contribution in [0, 0.1) is 0 Å². The van der Waals surface area contributed by atoms with Crippen LogP contribution in [0.25, 0.3) is 0 Å². The van der Waals surface area contributed by atoms with Crippen molar-refractivity contribution in [3.63, 3.8) is 0 Å². The van der Waals surface area contributed by atoms with E-state index >= 15 is 0 Å². The minimum atomic E-state index is -0.916. The molecule has 0 aromatic heterocycles. The first kappa shape index (κ1) is 13.7. The number of nitrogens with two attached hydrogens (primary N) is 1. The molecule has 0 bridgehead atoms. The van der Waals surface area contributed by atoms with E-state index < -0.39 is 11.9 Å². The zero-order chi connectivity index (χ0) is 13.5. The van der Waals surface area contributed by atoms with E-state index in [4.69, 9.17) is 10.5 Å². The Labute approximate surface area is 104 Å². The summed E-state index contributed by atoms with van der Waals surface area (Å²) in [6, 6.07) is 5.86. The maximum absolute atomic E-state index is 11.1. The van der Waals surface area contributed by atoms with Gasteiger partial charge in [0.05, 0.1) is 0 Å². The third kappa shape index (κ3) is 5.11. The summed E-state index contributed by atoms with van der Waals surface area (Å²) in [4.78, 5) is 32.3. The van der Waals surface area contributed by atoms with Crippen molar-refractivity contribution in [2.24, 2.45) is 5.73 Å². The number of hydrogen-bond acceptors (Lipinski definition) is 4. The number of primary amides is 1. The van der Waals surface area contributed by atoms with Crippen LogP contribution in [0.4, 0.5) is 4.79 Å². The largest absolute Gasteiger partial charge is 0.484 e. The van der Waals surface area contributed by atoms with Gasteiger partial charge in [-0.2, -0.15) is 0 Å². The molecule has 3 amide bonds. The number of hydrogen-bond donors (Lipinski definition) is 2. The van der Waals surface area contributed by atoms with Crippen molar-refractivity contribution in [3.05, 3.63) is 29.8 Å². The number of rotatable bonds is 5. The monoisotopic (exact) mass is 250 g/mol. The fourth-order valence-corrected chi connectivity index (χ4v) is 1.31. The summed E-state index contributed by atoms with van der Waals surface area (Å²) < 4.78 is 5.12. The lowest BCUT2D eigenvalue weighted by molar-refractivity contribution is -0.122. The van der Waals surface area contributed by atoms with E-state index in [-0.39, 0.29) is 12.4 Å². The molecule has 18 heavy (non-hydrogen) atoms. The summed E-state index contributed by atoms with van der Waals surface area (Å²) in [5, 5.41) is 1.88.